The van der Waals surface area contributed by atoms with Crippen LogP contribution in [0.5, 0.6) is 0 Å². The fraction of sp³-hybridized carbons (Fsp3) is 0.200. The molecule has 1 heterocycles. The number of benzene rings is 3. The van der Waals surface area contributed by atoms with Gasteiger partial charge in [-0.05, 0) is 56.2 Å². The molecule has 0 unspecified atom stereocenters. The van der Waals surface area contributed by atoms with Crippen LogP contribution in [0.2, 0.25) is 0 Å². The summed E-state index contributed by atoms with van der Waals surface area (Å²) in [4.78, 5) is 38.0. The number of hydrogen-bond acceptors (Lipinski definition) is 5. The van der Waals surface area contributed by atoms with Crippen LogP contribution < -0.4 is 10.2 Å². The molecule has 0 radical (unpaired) electrons. The van der Waals surface area contributed by atoms with Crippen LogP contribution >= 0.6 is 11.8 Å². The van der Waals surface area contributed by atoms with Crippen molar-refractivity contribution < 1.29 is 14.5 Å². The van der Waals surface area contributed by atoms with E-state index in [4.69, 9.17) is 0 Å². The summed E-state index contributed by atoms with van der Waals surface area (Å²) in [6.07, 6.45) is 0. The molecule has 0 saturated carbocycles. The Morgan fingerprint density at radius 2 is 1.85 bits per heavy atom. The minimum Gasteiger partial charge on any atom is -0.322 e. The van der Waals surface area contributed by atoms with Crippen LogP contribution in [-0.4, -0.2) is 22.5 Å². The van der Waals surface area contributed by atoms with E-state index in [0.717, 1.165) is 22.4 Å². The molecule has 1 fully saturated rings. The van der Waals surface area contributed by atoms with Crippen molar-refractivity contribution in [1.82, 2.24) is 0 Å². The van der Waals surface area contributed by atoms with E-state index in [9.17, 15) is 19.7 Å². The normalized spacial score (nSPS) is 15.5. The van der Waals surface area contributed by atoms with Crippen LogP contribution in [0.3, 0.4) is 0 Å². The van der Waals surface area contributed by atoms with Crippen LogP contribution in [0.25, 0.3) is 0 Å². The third-order valence-corrected chi connectivity index (χ3v) is 6.79. The molecule has 4 rings (SSSR count). The minimum absolute atomic E-state index is 0.0401. The average Bonchev–Trinajstić information content (AvgIpc) is 3.15. The van der Waals surface area contributed by atoms with E-state index in [1.807, 2.05) is 49.1 Å². The van der Waals surface area contributed by atoms with E-state index in [1.165, 1.54) is 17.8 Å². The van der Waals surface area contributed by atoms with Crippen molar-refractivity contribution in [3.8, 4) is 0 Å². The van der Waals surface area contributed by atoms with Gasteiger partial charge in [-0.2, -0.15) is 0 Å². The van der Waals surface area contributed by atoms with Crippen molar-refractivity contribution in [3.63, 3.8) is 0 Å². The molecule has 3 aromatic rings. The lowest BCUT2D eigenvalue weighted by Crippen LogP contribution is -2.28. The molecule has 8 heteroatoms. The van der Waals surface area contributed by atoms with E-state index in [2.05, 4.69) is 11.4 Å². The van der Waals surface area contributed by atoms with E-state index in [0.29, 0.717) is 17.0 Å². The number of carbonyl (C=O) groups is 2. The van der Waals surface area contributed by atoms with Crippen LogP contribution in [0, 0.1) is 30.9 Å². The molecule has 0 aromatic heterocycles. The Labute approximate surface area is 196 Å². The first-order chi connectivity index (χ1) is 15.7. The van der Waals surface area contributed by atoms with Gasteiger partial charge in [0.15, 0.2) is 0 Å². The van der Waals surface area contributed by atoms with Gasteiger partial charge in [0.25, 0.3) is 11.6 Å². The molecular formula is C25H23N3O4S. The predicted octanol–water partition coefficient (Wildman–Crippen LogP) is 5.55. The summed E-state index contributed by atoms with van der Waals surface area (Å²) in [5.74, 6) is -0.0169. The zero-order valence-electron chi connectivity index (χ0n) is 18.5. The number of rotatable bonds is 5. The molecule has 3 aromatic carbocycles. The van der Waals surface area contributed by atoms with Crippen LogP contribution in [-0.2, 0) is 4.79 Å². The minimum atomic E-state index is -0.497. The molecule has 1 saturated heterocycles. The van der Waals surface area contributed by atoms with Crippen molar-refractivity contribution in [2.75, 3.05) is 16.0 Å². The molecule has 1 aliphatic heterocycles. The summed E-state index contributed by atoms with van der Waals surface area (Å²) >= 11 is 1.54. The third kappa shape index (κ3) is 4.61. The van der Waals surface area contributed by atoms with Crippen LogP contribution in [0.15, 0.2) is 60.7 Å². The maximum atomic E-state index is 12.7. The van der Waals surface area contributed by atoms with E-state index >= 15 is 0 Å². The molecule has 7 nitrogen and oxygen atoms in total. The Morgan fingerprint density at radius 3 is 2.58 bits per heavy atom. The number of carbonyl (C=O) groups excluding carboxylic acids is 2. The summed E-state index contributed by atoms with van der Waals surface area (Å²) in [5, 5.41) is 13.8. The number of hydrogen-bond donors (Lipinski definition) is 1. The fourth-order valence-corrected chi connectivity index (χ4v) is 5.09. The standard InChI is InChI=1S/C25H23N3O4S/c1-15-7-10-21(17(3)11-15)27-23(29)14-33-25(27)19-5-4-6-20(12-19)26-24(30)18-9-8-16(2)22(13-18)28(31)32/h4-13,25H,14H2,1-3H3,(H,26,30)/t25-/m1/s1. The maximum absolute atomic E-state index is 12.7. The number of anilines is 2. The average molecular weight is 462 g/mol. The lowest BCUT2D eigenvalue weighted by Gasteiger charge is -2.26. The third-order valence-electron chi connectivity index (χ3n) is 5.58. The number of nitro groups is 1. The number of nitro benzene ring substituents is 1. The second-order valence-corrected chi connectivity index (χ2v) is 9.12. The van der Waals surface area contributed by atoms with Crippen LogP contribution in [0.4, 0.5) is 17.1 Å². The van der Waals surface area contributed by atoms with Crippen molar-refractivity contribution >= 4 is 40.6 Å². The van der Waals surface area contributed by atoms with E-state index < -0.39 is 10.8 Å². The molecule has 168 valence electrons. The highest BCUT2D eigenvalue weighted by Crippen LogP contribution is 2.43. The van der Waals surface area contributed by atoms with Gasteiger partial charge >= 0.3 is 0 Å². The van der Waals surface area contributed by atoms with Gasteiger partial charge in [0.2, 0.25) is 5.91 Å². The molecule has 2 amide bonds. The van der Waals surface area contributed by atoms with Crippen molar-refractivity contribution in [3.05, 3.63) is 98.6 Å². The lowest BCUT2D eigenvalue weighted by atomic mass is 10.1. The number of thioether (sulfide) groups is 1. The largest absolute Gasteiger partial charge is 0.322 e. The first-order valence-corrected chi connectivity index (χ1v) is 11.5. The van der Waals surface area contributed by atoms with Crippen molar-refractivity contribution in [2.45, 2.75) is 26.1 Å². The van der Waals surface area contributed by atoms with Gasteiger partial charge in [-0.1, -0.05) is 35.9 Å². The second-order valence-electron chi connectivity index (χ2n) is 8.06. The SMILES string of the molecule is Cc1ccc(N2C(=O)CS[C@@H]2c2cccc(NC(=O)c3ccc(C)c([N+](=O)[O-])c3)c2)c(C)c1. The molecule has 33 heavy (non-hydrogen) atoms. The molecule has 0 bridgehead atoms. The summed E-state index contributed by atoms with van der Waals surface area (Å²) in [7, 11) is 0. The van der Waals surface area contributed by atoms with Gasteiger partial charge < -0.3 is 5.32 Å². The van der Waals surface area contributed by atoms with E-state index in [1.54, 1.807) is 25.1 Å². The topological polar surface area (TPSA) is 92.6 Å². The van der Waals surface area contributed by atoms with Crippen LogP contribution in [0.1, 0.15) is 38.0 Å². The number of nitrogens with zero attached hydrogens (tertiary/aromatic N) is 2. The first kappa shape index (κ1) is 22.5. The quantitative estimate of drug-likeness (QED) is 0.397. The zero-order valence-corrected chi connectivity index (χ0v) is 19.3. The molecule has 0 spiro atoms. The summed E-state index contributed by atoms with van der Waals surface area (Å²) in [6.45, 7) is 5.64. The van der Waals surface area contributed by atoms with Gasteiger partial charge in [0.05, 0.1) is 10.7 Å². The highest BCUT2D eigenvalue weighted by atomic mass is 32.2. The summed E-state index contributed by atoms with van der Waals surface area (Å²) < 4.78 is 0. The number of amides is 2. The second kappa shape index (κ2) is 9.07. The highest BCUT2D eigenvalue weighted by molar-refractivity contribution is 8.00. The van der Waals surface area contributed by atoms with Gasteiger partial charge in [-0.15, -0.1) is 11.8 Å². The predicted molar refractivity (Wildman–Crippen MR) is 131 cm³/mol. The number of aryl methyl sites for hydroxylation is 3. The number of nitrogens with one attached hydrogen (secondary N) is 1. The summed E-state index contributed by atoms with van der Waals surface area (Å²) in [5.41, 5.74) is 5.09. The Bertz CT molecular complexity index is 1270. The lowest BCUT2D eigenvalue weighted by molar-refractivity contribution is -0.385. The Hall–Kier alpha value is -3.65. The van der Waals surface area contributed by atoms with Crippen molar-refractivity contribution in [2.24, 2.45) is 0 Å². The van der Waals surface area contributed by atoms with Gasteiger partial charge in [0, 0.05) is 28.6 Å². The Morgan fingerprint density at radius 1 is 1.06 bits per heavy atom. The smallest absolute Gasteiger partial charge is 0.273 e. The molecular weight excluding hydrogens is 438 g/mol. The molecule has 1 N–H and O–H groups in total. The van der Waals surface area contributed by atoms with Gasteiger partial charge in [-0.25, -0.2) is 0 Å². The Kier molecular flexibility index (Phi) is 6.20. The highest BCUT2D eigenvalue weighted by Gasteiger charge is 2.35. The fourth-order valence-electron chi connectivity index (χ4n) is 3.93. The van der Waals surface area contributed by atoms with Gasteiger partial charge in [0.1, 0.15) is 5.37 Å². The first-order valence-electron chi connectivity index (χ1n) is 10.4. The molecule has 0 aliphatic carbocycles. The molecule has 1 aliphatic rings. The zero-order chi connectivity index (χ0) is 23.7. The summed E-state index contributed by atoms with van der Waals surface area (Å²) in [6, 6.07) is 17.8. The molecule has 1 atom stereocenters. The maximum Gasteiger partial charge on any atom is 0.273 e. The van der Waals surface area contributed by atoms with E-state index in [-0.39, 0.29) is 22.5 Å². The Balaban J connectivity index is 1.60. The van der Waals surface area contributed by atoms with Gasteiger partial charge in [-0.3, -0.25) is 24.6 Å². The van der Waals surface area contributed by atoms with Crippen molar-refractivity contribution in [1.29, 1.82) is 0 Å². The monoisotopic (exact) mass is 461 g/mol.